The number of benzene rings is 4. The van der Waals surface area contributed by atoms with Gasteiger partial charge < -0.3 is 4.57 Å². The topological polar surface area (TPSA) is 41.6 Å². The Morgan fingerprint density at radius 3 is 1.64 bits per heavy atom. The molecule has 33 heavy (non-hydrogen) atoms. The molecule has 0 radical (unpaired) electrons. The van der Waals surface area contributed by atoms with E-state index >= 15 is 0 Å². The third kappa shape index (κ3) is 3.17. The van der Waals surface area contributed by atoms with Crippen LogP contribution in [0.2, 0.25) is 0 Å². The lowest BCUT2D eigenvalue weighted by atomic mass is 10.0. The average Bonchev–Trinajstić information content (AvgIpc) is 3.22. The average molecular weight is 422 g/mol. The molecule has 154 valence electrons. The molecule has 0 bridgehead atoms. The van der Waals surface area contributed by atoms with Crippen LogP contribution in [0.1, 0.15) is 5.69 Å². The molecule has 2 heterocycles. The maximum atomic E-state index is 9.72. The molecule has 6 rings (SSSR count). The van der Waals surface area contributed by atoms with Gasteiger partial charge in [-0.25, -0.2) is 4.98 Å². The number of pyridine rings is 1. The van der Waals surface area contributed by atoms with Gasteiger partial charge in [0.25, 0.3) is 0 Å². The number of hydrogen-bond acceptors (Lipinski definition) is 2. The molecule has 0 aliphatic heterocycles. The largest absolute Gasteiger partial charge is 0.306 e. The monoisotopic (exact) mass is 421 g/mol. The quantitative estimate of drug-likeness (QED) is 0.299. The summed E-state index contributed by atoms with van der Waals surface area (Å²) in [6, 6.07) is 40.0. The predicted molar refractivity (Wildman–Crippen MR) is 134 cm³/mol. The minimum Gasteiger partial charge on any atom is -0.306 e. The molecule has 0 aliphatic rings. The summed E-state index contributed by atoms with van der Waals surface area (Å²) >= 11 is 0. The number of rotatable bonds is 3. The Bertz CT molecular complexity index is 1560. The fourth-order valence-corrected chi connectivity index (χ4v) is 4.57. The van der Waals surface area contributed by atoms with Gasteiger partial charge in [0.1, 0.15) is 6.07 Å². The van der Waals surface area contributed by atoms with Gasteiger partial charge in [-0.15, -0.1) is 0 Å². The zero-order valence-electron chi connectivity index (χ0n) is 17.8. The Hall–Kier alpha value is -4.68. The molecule has 0 atom stereocenters. The van der Waals surface area contributed by atoms with E-state index in [9.17, 15) is 5.26 Å². The molecule has 0 spiro atoms. The van der Waals surface area contributed by atoms with Crippen molar-refractivity contribution in [2.75, 3.05) is 0 Å². The molecular formula is C30H19N3. The zero-order chi connectivity index (χ0) is 22.2. The lowest BCUT2D eigenvalue weighted by Crippen LogP contribution is -1.99. The van der Waals surface area contributed by atoms with E-state index in [4.69, 9.17) is 0 Å². The molecule has 2 aromatic heterocycles. The summed E-state index contributed by atoms with van der Waals surface area (Å²) in [7, 11) is 0. The zero-order valence-corrected chi connectivity index (χ0v) is 17.8. The Morgan fingerprint density at radius 1 is 0.576 bits per heavy atom. The lowest BCUT2D eigenvalue weighted by molar-refractivity contribution is 1.12. The molecule has 4 aromatic carbocycles. The van der Waals surface area contributed by atoms with Gasteiger partial charge >= 0.3 is 0 Å². The van der Waals surface area contributed by atoms with Gasteiger partial charge in [0, 0.05) is 17.0 Å². The predicted octanol–water partition coefficient (Wildman–Crippen LogP) is 7.38. The highest BCUT2D eigenvalue weighted by molar-refractivity contribution is 6.11. The van der Waals surface area contributed by atoms with E-state index in [-0.39, 0.29) is 0 Å². The SMILES string of the molecule is N#Cc1ncccc1-n1c2ccc(-c3ccccc3)cc2c2cc(-c3ccccc3)ccc21. The molecule has 0 aliphatic carbocycles. The van der Waals surface area contributed by atoms with Crippen molar-refractivity contribution in [3.8, 4) is 34.0 Å². The van der Waals surface area contributed by atoms with Gasteiger partial charge in [-0.2, -0.15) is 5.26 Å². The summed E-state index contributed by atoms with van der Waals surface area (Å²) in [6.07, 6.45) is 1.66. The van der Waals surface area contributed by atoms with Crippen LogP contribution in [0.4, 0.5) is 0 Å². The van der Waals surface area contributed by atoms with Crippen molar-refractivity contribution in [3.63, 3.8) is 0 Å². The molecule has 6 aromatic rings. The highest BCUT2D eigenvalue weighted by atomic mass is 15.0. The number of nitriles is 1. The van der Waals surface area contributed by atoms with Crippen LogP contribution in [-0.4, -0.2) is 9.55 Å². The van der Waals surface area contributed by atoms with E-state index in [1.807, 2.05) is 24.3 Å². The number of nitrogens with zero attached hydrogens (tertiary/aromatic N) is 3. The second kappa shape index (κ2) is 7.78. The second-order valence-corrected chi connectivity index (χ2v) is 8.01. The first-order valence-corrected chi connectivity index (χ1v) is 10.9. The van der Waals surface area contributed by atoms with Crippen molar-refractivity contribution in [1.82, 2.24) is 9.55 Å². The summed E-state index contributed by atoms with van der Waals surface area (Å²) in [5.41, 5.74) is 8.00. The lowest BCUT2D eigenvalue weighted by Gasteiger charge is -2.09. The van der Waals surface area contributed by atoms with Crippen LogP contribution in [0.3, 0.4) is 0 Å². The Labute approximate surface area is 191 Å². The van der Waals surface area contributed by atoms with Gasteiger partial charge in [-0.3, -0.25) is 0 Å². The van der Waals surface area contributed by atoms with Crippen molar-refractivity contribution in [2.45, 2.75) is 0 Å². The first-order valence-electron chi connectivity index (χ1n) is 10.9. The standard InChI is InChI=1S/C30H19N3/c31-20-27-30(12-7-17-32-27)33-28-15-13-23(21-8-3-1-4-9-21)18-25(28)26-19-24(14-16-29(26)33)22-10-5-2-6-11-22/h1-19H. The summed E-state index contributed by atoms with van der Waals surface area (Å²) < 4.78 is 2.15. The fraction of sp³-hybridized carbons (Fsp3) is 0. The van der Waals surface area contributed by atoms with Crippen LogP contribution in [0.15, 0.2) is 115 Å². The third-order valence-electron chi connectivity index (χ3n) is 6.11. The van der Waals surface area contributed by atoms with Crippen LogP contribution in [-0.2, 0) is 0 Å². The number of hydrogen-bond donors (Lipinski definition) is 0. The van der Waals surface area contributed by atoms with E-state index in [0.717, 1.165) is 27.5 Å². The van der Waals surface area contributed by atoms with Crippen LogP contribution in [0, 0.1) is 11.3 Å². The van der Waals surface area contributed by atoms with Gasteiger partial charge in [0.05, 0.1) is 16.7 Å². The first kappa shape index (κ1) is 19.0. The maximum absolute atomic E-state index is 9.72. The molecule has 0 unspecified atom stereocenters. The van der Waals surface area contributed by atoms with Crippen LogP contribution in [0.25, 0.3) is 49.7 Å². The Balaban J connectivity index is 1.70. The summed E-state index contributed by atoms with van der Waals surface area (Å²) in [5, 5.41) is 12.0. The van der Waals surface area contributed by atoms with Gasteiger partial charge in [0.15, 0.2) is 5.69 Å². The third-order valence-corrected chi connectivity index (χ3v) is 6.11. The van der Waals surface area contributed by atoms with Crippen LogP contribution in [0.5, 0.6) is 0 Å². The van der Waals surface area contributed by atoms with Crippen molar-refractivity contribution >= 4 is 21.8 Å². The summed E-state index contributed by atoms with van der Waals surface area (Å²) in [6.45, 7) is 0. The Kier molecular flexibility index (Phi) is 4.49. The van der Waals surface area contributed by atoms with E-state index in [0.29, 0.717) is 5.69 Å². The van der Waals surface area contributed by atoms with E-state index in [1.54, 1.807) is 6.20 Å². The minimum absolute atomic E-state index is 0.413. The molecule has 0 saturated carbocycles. The minimum atomic E-state index is 0.413. The molecule has 0 fully saturated rings. The Morgan fingerprint density at radius 2 is 1.12 bits per heavy atom. The highest BCUT2D eigenvalue weighted by Gasteiger charge is 2.16. The van der Waals surface area contributed by atoms with E-state index < -0.39 is 0 Å². The van der Waals surface area contributed by atoms with Crippen molar-refractivity contribution < 1.29 is 0 Å². The van der Waals surface area contributed by atoms with Crippen LogP contribution < -0.4 is 0 Å². The molecule has 0 saturated heterocycles. The molecule has 0 amide bonds. The fourth-order valence-electron chi connectivity index (χ4n) is 4.57. The van der Waals surface area contributed by atoms with Gasteiger partial charge in [-0.05, 0) is 58.7 Å². The molecular weight excluding hydrogens is 402 g/mol. The number of fused-ring (bicyclic) bond motifs is 3. The van der Waals surface area contributed by atoms with E-state index in [1.165, 1.54) is 22.3 Å². The first-order chi connectivity index (χ1) is 16.3. The molecule has 0 N–H and O–H groups in total. The second-order valence-electron chi connectivity index (χ2n) is 8.01. The smallest absolute Gasteiger partial charge is 0.164 e. The van der Waals surface area contributed by atoms with Gasteiger partial charge in [0.2, 0.25) is 0 Å². The van der Waals surface area contributed by atoms with Crippen molar-refractivity contribution in [3.05, 3.63) is 121 Å². The van der Waals surface area contributed by atoms with E-state index in [2.05, 4.69) is 101 Å². The summed E-state index contributed by atoms with van der Waals surface area (Å²) in [4.78, 5) is 4.32. The highest BCUT2D eigenvalue weighted by Crippen LogP contribution is 2.37. The summed E-state index contributed by atoms with van der Waals surface area (Å²) in [5.74, 6) is 0. The van der Waals surface area contributed by atoms with Gasteiger partial charge in [-0.1, -0.05) is 72.8 Å². The molecule has 3 heteroatoms. The normalized spacial score (nSPS) is 11.0. The number of aromatic nitrogens is 2. The molecule has 3 nitrogen and oxygen atoms in total. The van der Waals surface area contributed by atoms with Crippen molar-refractivity contribution in [1.29, 1.82) is 5.26 Å². The van der Waals surface area contributed by atoms with Crippen LogP contribution >= 0.6 is 0 Å². The van der Waals surface area contributed by atoms with Crippen molar-refractivity contribution in [2.24, 2.45) is 0 Å². The maximum Gasteiger partial charge on any atom is 0.164 e.